The van der Waals surface area contributed by atoms with Gasteiger partial charge in [0.2, 0.25) is 0 Å². The van der Waals surface area contributed by atoms with E-state index >= 15 is 0 Å². The molecule has 25 heavy (non-hydrogen) atoms. The van der Waals surface area contributed by atoms with Gasteiger partial charge in [-0.3, -0.25) is 14.4 Å². The van der Waals surface area contributed by atoms with Crippen LogP contribution in [0.4, 0.5) is 0 Å². The number of esters is 1. The molecular formula is C19H32O6. The van der Waals surface area contributed by atoms with Crippen molar-refractivity contribution in [1.82, 2.24) is 0 Å². The quantitative estimate of drug-likeness (QED) is 0.406. The number of carbonyl (C=O) groups is 3. The molecule has 1 rings (SSSR count). The van der Waals surface area contributed by atoms with Crippen LogP contribution in [0.1, 0.15) is 77.6 Å². The summed E-state index contributed by atoms with van der Waals surface area (Å²) in [6, 6.07) is 0. The van der Waals surface area contributed by atoms with Gasteiger partial charge in [-0.25, -0.2) is 0 Å². The first-order valence-electron chi connectivity index (χ1n) is 9.51. The molecule has 0 aromatic carbocycles. The van der Waals surface area contributed by atoms with Crippen molar-refractivity contribution in [3.63, 3.8) is 0 Å². The van der Waals surface area contributed by atoms with Crippen LogP contribution in [0.2, 0.25) is 0 Å². The number of rotatable bonds is 12. The predicted octanol–water partition coefficient (Wildman–Crippen LogP) is 3.87. The van der Waals surface area contributed by atoms with Gasteiger partial charge in [-0.15, -0.1) is 0 Å². The molecule has 144 valence electrons. The van der Waals surface area contributed by atoms with Crippen LogP contribution >= 0.6 is 0 Å². The number of aliphatic carboxylic acids is 2. The predicted molar refractivity (Wildman–Crippen MR) is 93.2 cm³/mol. The van der Waals surface area contributed by atoms with Gasteiger partial charge >= 0.3 is 17.9 Å². The van der Waals surface area contributed by atoms with Crippen LogP contribution in [0.3, 0.4) is 0 Å². The minimum Gasteiger partial charge on any atom is -0.481 e. The molecule has 6 nitrogen and oxygen atoms in total. The zero-order valence-electron chi connectivity index (χ0n) is 15.2. The van der Waals surface area contributed by atoms with Gasteiger partial charge in [-0.05, 0) is 56.3 Å². The zero-order valence-corrected chi connectivity index (χ0v) is 15.2. The first-order valence-corrected chi connectivity index (χ1v) is 9.51. The Labute approximate surface area is 149 Å². The number of hydrogen-bond acceptors (Lipinski definition) is 4. The van der Waals surface area contributed by atoms with Crippen molar-refractivity contribution in [2.75, 3.05) is 6.61 Å². The summed E-state index contributed by atoms with van der Waals surface area (Å²) in [5.41, 5.74) is 0. The number of unbranched alkanes of at least 4 members (excludes halogenated alkanes) is 1. The van der Waals surface area contributed by atoms with Gasteiger partial charge in [0.15, 0.2) is 0 Å². The fraction of sp³-hybridized carbons (Fsp3) is 0.842. The van der Waals surface area contributed by atoms with E-state index in [-0.39, 0.29) is 24.7 Å². The van der Waals surface area contributed by atoms with Crippen LogP contribution in [0.25, 0.3) is 0 Å². The normalized spacial score (nSPS) is 23.2. The van der Waals surface area contributed by atoms with Crippen LogP contribution in [0.5, 0.6) is 0 Å². The summed E-state index contributed by atoms with van der Waals surface area (Å²) < 4.78 is 5.19. The molecule has 1 aliphatic carbocycles. The second-order valence-corrected chi connectivity index (χ2v) is 7.18. The van der Waals surface area contributed by atoms with E-state index in [1.54, 1.807) is 0 Å². The lowest BCUT2D eigenvalue weighted by Crippen LogP contribution is -2.27. The van der Waals surface area contributed by atoms with E-state index < -0.39 is 11.9 Å². The highest BCUT2D eigenvalue weighted by Crippen LogP contribution is 2.40. The number of ether oxygens (including phenoxy) is 1. The third-order valence-corrected chi connectivity index (χ3v) is 5.22. The van der Waals surface area contributed by atoms with Crippen LogP contribution in [0.15, 0.2) is 0 Å². The van der Waals surface area contributed by atoms with Crippen molar-refractivity contribution in [3.8, 4) is 0 Å². The van der Waals surface area contributed by atoms with E-state index in [1.165, 1.54) is 0 Å². The van der Waals surface area contributed by atoms with E-state index in [2.05, 4.69) is 0 Å². The van der Waals surface area contributed by atoms with Gasteiger partial charge in [0.05, 0.1) is 6.61 Å². The average molecular weight is 356 g/mol. The van der Waals surface area contributed by atoms with E-state index in [9.17, 15) is 14.4 Å². The Bertz CT molecular complexity index is 434. The van der Waals surface area contributed by atoms with Crippen LogP contribution in [0, 0.1) is 17.8 Å². The lowest BCUT2D eigenvalue weighted by atomic mass is 9.69. The highest BCUT2D eigenvalue weighted by Gasteiger charge is 2.31. The van der Waals surface area contributed by atoms with E-state index in [0.717, 1.165) is 38.5 Å². The molecule has 3 atom stereocenters. The van der Waals surface area contributed by atoms with Crippen LogP contribution < -0.4 is 0 Å². The van der Waals surface area contributed by atoms with E-state index in [1.807, 2.05) is 6.92 Å². The number of carbonyl (C=O) groups excluding carboxylic acids is 1. The molecule has 1 aliphatic rings. The molecule has 1 saturated carbocycles. The second-order valence-electron chi connectivity index (χ2n) is 7.18. The topological polar surface area (TPSA) is 101 Å². The Hall–Kier alpha value is -1.59. The Morgan fingerprint density at radius 3 is 2.20 bits per heavy atom. The average Bonchev–Trinajstić information content (AvgIpc) is 2.57. The minimum absolute atomic E-state index is 0.133. The van der Waals surface area contributed by atoms with Crippen molar-refractivity contribution in [1.29, 1.82) is 0 Å². The van der Waals surface area contributed by atoms with Gasteiger partial charge < -0.3 is 14.9 Å². The van der Waals surface area contributed by atoms with Gasteiger partial charge in [-0.2, -0.15) is 0 Å². The summed E-state index contributed by atoms with van der Waals surface area (Å²) in [5.74, 6) is -0.809. The fourth-order valence-electron chi connectivity index (χ4n) is 3.76. The van der Waals surface area contributed by atoms with Crippen LogP contribution in [-0.4, -0.2) is 34.7 Å². The molecule has 6 heteroatoms. The highest BCUT2D eigenvalue weighted by atomic mass is 16.5. The fourth-order valence-corrected chi connectivity index (χ4v) is 3.76. The van der Waals surface area contributed by atoms with Gasteiger partial charge in [-0.1, -0.05) is 19.8 Å². The Balaban J connectivity index is 2.47. The van der Waals surface area contributed by atoms with E-state index in [0.29, 0.717) is 37.7 Å². The molecular weight excluding hydrogens is 324 g/mol. The lowest BCUT2D eigenvalue weighted by molar-refractivity contribution is -0.144. The Kier molecular flexibility index (Phi) is 10.2. The summed E-state index contributed by atoms with van der Waals surface area (Å²) in [6.07, 6.45) is 7.34. The highest BCUT2D eigenvalue weighted by molar-refractivity contribution is 5.69. The summed E-state index contributed by atoms with van der Waals surface area (Å²) in [6.45, 7) is 2.52. The van der Waals surface area contributed by atoms with Crippen LogP contribution in [-0.2, 0) is 19.1 Å². The zero-order chi connectivity index (χ0) is 18.7. The maximum atomic E-state index is 11.8. The van der Waals surface area contributed by atoms with Gasteiger partial charge in [0.25, 0.3) is 0 Å². The minimum atomic E-state index is -0.801. The standard InChI is InChI=1S/C19H32O6/c1-2-3-12-25-19(24)11-8-15-6-4-14(5-9-17(20)21)13-16(15)7-10-18(22)23/h14-16H,2-13H2,1H3,(H,20,21)(H,22,23). The maximum absolute atomic E-state index is 11.8. The Morgan fingerprint density at radius 1 is 0.920 bits per heavy atom. The summed E-state index contributed by atoms with van der Waals surface area (Å²) >= 11 is 0. The Morgan fingerprint density at radius 2 is 1.56 bits per heavy atom. The molecule has 2 N–H and O–H groups in total. The third-order valence-electron chi connectivity index (χ3n) is 5.22. The SMILES string of the molecule is CCCCOC(=O)CCC1CCC(CCC(=O)O)CC1CCC(=O)O. The van der Waals surface area contributed by atoms with Crippen molar-refractivity contribution in [2.45, 2.75) is 77.6 Å². The molecule has 0 aromatic heterocycles. The van der Waals surface area contributed by atoms with Crippen molar-refractivity contribution in [2.24, 2.45) is 17.8 Å². The number of carboxylic acid groups (broad SMARTS) is 2. The molecule has 3 unspecified atom stereocenters. The van der Waals surface area contributed by atoms with Crippen molar-refractivity contribution in [3.05, 3.63) is 0 Å². The first kappa shape index (κ1) is 21.5. The second kappa shape index (κ2) is 11.9. The molecule has 0 aliphatic heterocycles. The molecule has 0 bridgehead atoms. The number of hydrogen-bond donors (Lipinski definition) is 2. The summed E-state index contributed by atoms with van der Waals surface area (Å²) in [5, 5.41) is 17.8. The third kappa shape index (κ3) is 9.46. The molecule has 1 fully saturated rings. The molecule has 0 heterocycles. The van der Waals surface area contributed by atoms with E-state index in [4.69, 9.17) is 14.9 Å². The van der Waals surface area contributed by atoms with Gasteiger partial charge in [0, 0.05) is 19.3 Å². The molecule has 0 saturated heterocycles. The largest absolute Gasteiger partial charge is 0.481 e. The summed E-state index contributed by atoms with van der Waals surface area (Å²) in [7, 11) is 0. The van der Waals surface area contributed by atoms with Crippen molar-refractivity contribution >= 4 is 17.9 Å². The molecule has 0 spiro atoms. The molecule has 0 amide bonds. The molecule has 0 radical (unpaired) electrons. The lowest BCUT2D eigenvalue weighted by Gasteiger charge is -2.36. The summed E-state index contributed by atoms with van der Waals surface area (Å²) in [4.78, 5) is 33.5. The first-order chi connectivity index (χ1) is 11.9. The molecule has 0 aromatic rings. The van der Waals surface area contributed by atoms with Gasteiger partial charge in [0.1, 0.15) is 0 Å². The monoisotopic (exact) mass is 356 g/mol. The van der Waals surface area contributed by atoms with Crippen molar-refractivity contribution < 1.29 is 29.3 Å². The smallest absolute Gasteiger partial charge is 0.305 e. The number of carboxylic acids is 2. The maximum Gasteiger partial charge on any atom is 0.305 e.